The second-order valence-electron chi connectivity index (χ2n) is 15.2. The van der Waals surface area contributed by atoms with Crippen molar-refractivity contribution in [2.24, 2.45) is 28.6 Å². The molecule has 10 atom stereocenters. The van der Waals surface area contributed by atoms with Crippen molar-refractivity contribution in [1.82, 2.24) is 5.32 Å². The van der Waals surface area contributed by atoms with Gasteiger partial charge in [-0.25, -0.2) is 19.2 Å². The van der Waals surface area contributed by atoms with Crippen molar-refractivity contribution in [2.45, 2.75) is 111 Å². The van der Waals surface area contributed by atoms with Crippen molar-refractivity contribution in [3.63, 3.8) is 0 Å². The molecule has 0 aromatic carbocycles. The van der Waals surface area contributed by atoms with Gasteiger partial charge in [-0.3, -0.25) is 9.59 Å². The van der Waals surface area contributed by atoms with Crippen molar-refractivity contribution in [3.8, 4) is 0 Å². The number of aliphatic hydroxyl groups is 2. The Morgan fingerprint density at radius 3 is 2.40 bits per heavy atom. The van der Waals surface area contributed by atoms with Gasteiger partial charge in [0.1, 0.15) is 23.9 Å². The molecule has 1 spiro atoms. The van der Waals surface area contributed by atoms with Crippen molar-refractivity contribution < 1.29 is 67.4 Å². The first-order valence-corrected chi connectivity index (χ1v) is 16.7. The van der Waals surface area contributed by atoms with Crippen LogP contribution in [-0.2, 0) is 52.4 Å². The van der Waals surface area contributed by atoms with Gasteiger partial charge < -0.3 is 44.0 Å². The molecule has 1 unspecified atom stereocenters. The van der Waals surface area contributed by atoms with Gasteiger partial charge in [0.05, 0.1) is 32.8 Å². The first-order valence-electron chi connectivity index (χ1n) is 16.7. The number of aliphatic hydroxyl groups excluding tert-OH is 2. The highest BCUT2D eigenvalue weighted by molar-refractivity contribution is 5.98. The number of hydrogen-bond donors (Lipinski definition) is 3. The molecule has 0 bridgehead atoms. The second kappa shape index (κ2) is 14.4. The average molecular weight is 708 g/mol. The number of amides is 1. The van der Waals surface area contributed by atoms with Gasteiger partial charge in [-0.05, 0) is 71.8 Å². The van der Waals surface area contributed by atoms with Gasteiger partial charge in [-0.2, -0.15) is 0 Å². The Kier molecular flexibility index (Phi) is 11.2. The van der Waals surface area contributed by atoms with Crippen molar-refractivity contribution in [2.75, 3.05) is 20.3 Å². The van der Waals surface area contributed by atoms with E-state index in [1.54, 1.807) is 48.5 Å². The number of allylic oxidation sites excluding steroid dienone is 3. The summed E-state index contributed by atoms with van der Waals surface area (Å²) in [6, 6.07) is -1.19. The van der Waals surface area contributed by atoms with E-state index < -0.39 is 107 Å². The molecular formula is C35H49NO14. The van der Waals surface area contributed by atoms with E-state index in [-0.39, 0.29) is 31.8 Å². The highest BCUT2D eigenvalue weighted by atomic mass is 16.6. The van der Waals surface area contributed by atoms with E-state index in [2.05, 4.69) is 5.32 Å². The van der Waals surface area contributed by atoms with Crippen LogP contribution in [0.2, 0.25) is 0 Å². The Hall–Kier alpha value is -3.82. The molecule has 1 amide bonds. The molecule has 15 nitrogen and oxygen atoms in total. The fourth-order valence-electron chi connectivity index (χ4n) is 8.35. The Labute approximate surface area is 291 Å². The smallest absolute Gasteiger partial charge is 0.408 e. The number of methoxy groups -OCH3 is 1. The zero-order chi connectivity index (χ0) is 37.5. The van der Waals surface area contributed by atoms with Gasteiger partial charge in [0.2, 0.25) is 6.10 Å². The lowest BCUT2D eigenvalue weighted by atomic mass is 9.41. The van der Waals surface area contributed by atoms with Crippen molar-refractivity contribution in [1.29, 1.82) is 0 Å². The summed E-state index contributed by atoms with van der Waals surface area (Å²) >= 11 is 0. The standard InChI is InChI=1S/C35H49NO14/c1-16(2)10-25(40)48-28-20(12-24(39)45-9)35-15-46-14-22(38)26(41)29(35)34(8)13-21(37)27(17(3)19(34)11-23(35)47-31(28)43)49-30(42)18(4)36-32(44)50-33(5,6)7/h10,18-20,22-23,26,28-29,38,41H,11-15H2,1-9H3,(H,36,44)/t18-,19-,20+,22+,23+,26-,28+,29?,34-,35+/m0/s1. The van der Waals surface area contributed by atoms with Crippen LogP contribution in [0.3, 0.4) is 0 Å². The van der Waals surface area contributed by atoms with Crippen LogP contribution in [0.15, 0.2) is 23.0 Å². The number of alkyl carbamates (subject to hydrolysis) is 1. The quantitative estimate of drug-likeness (QED) is 0.197. The fourth-order valence-corrected chi connectivity index (χ4v) is 8.35. The molecular weight excluding hydrogens is 658 g/mol. The molecule has 2 aliphatic heterocycles. The number of fused-ring (bicyclic) bond motifs is 2. The summed E-state index contributed by atoms with van der Waals surface area (Å²) in [4.78, 5) is 78.8. The molecule has 15 heteroatoms. The number of rotatable bonds is 7. The van der Waals surface area contributed by atoms with Crippen LogP contribution >= 0.6 is 0 Å². The number of carbonyl (C=O) groups is 6. The molecule has 4 rings (SSSR count). The predicted molar refractivity (Wildman–Crippen MR) is 172 cm³/mol. The van der Waals surface area contributed by atoms with E-state index in [9.17, 15) is 39.0 Å². The summed E-state index contributed by atoms with van der Waals surface area (Å²) in [5, 5.41) is 25.4. The summed E-state index contributed by atoms with van der Waals surface area (Å²) in [5.74, 6) is -7.14. The minimum atomic E-state index is -1.62. The Bertz CT molecular complexity index is 1470. The van der Waals surface area contributed by atoms with Crippen LogP contribution in [0, 0.1) is 28.6 Å². The maximum atomic E-state index is 14.0. The number of carbonyl (C=O) groups excluding carboxylic acids is 6. The van der Waals surface area contributed by atoms with Gasteiger partial charge in [0.25, 0.3) is 0 Å². The molecule has 3 N–H and O–H groups in total. The number of hydrogen-bond acceptors (Lipinski definition) is 14. The number of Topliss-reactive ketones (excluding diaryl/α,β-unsaturated/α-hetero) is 1. The molecule has 2 heterocycles. The first kappa shape index (κ1) is 39.0. The SMILES string of the molecule is COC(=O)C[C@@H]1[C@@H](OC(=O)C=C(C)C)C(=O)O[C@@H]2C[C@H]3C(C)=C(OC(=O)[C@H](C)NC(=O)OC(C)(C)C)C(=O)C[C@]3(C)C3[C@@H](O)[C@H](O)COC[C@@]312. The van der Waals surface area contributed by atoms with Gasteiger partial charge >= 0.3 is 30.0 Å². The van der Waals surface area contributed by atoms with E-state index in [0.29, 0.717) is 11.1 Å². The predicted octanol–water partition coefficient (Wildman–Crippen LogP) is 2.05. The lowest BCUT2D eigenvalue weighted by molar-refractivity contribution is -0.266. The molecule has 0 radical (unpaired) electrons. The summed E-state index contributed by atoms with van der Waals surface area (Å²) in [6.07, 6.45) is -6.02. The summed E-state index contributed by atoms with van der Waals surface area (Å²) in [5.41, 5.74) is -2.54. The third kappa shape index (κ3) is 7.45. The Morgan fingerprint density at radius 1 is 1.14 bits per heavy atom. The Morgan fingerprint density at radius 2 is 1.80 bits per heavy atom. The molecule has 0 aromatic heterocycles. The van der Waals surface area contributed by atoms with E-state index in [0.717, 1.165) is 0 Å². The third-order valence-electron chi connectivity index (χ3n) is 10.3. The zero-order valence-electron chi connectivity index (χ0n) is 30.0. The van der Waals surface area contributed by atoms with E-state index >= 15 is 0 Å². The maximum Gasteiger partial charge on any atom is 0.408 e. The van der Waals surface area contributed by atoms with Crippen molar-refractivity contribution >= 4 is 35.8 Å². The van der Waals surface area contributed by atoms with Gasteiger partial charge in [-0.15, -0.1) is 0 Å². The third-order valence-corrected chi connectivity index (χ3v) is 10.3. The van der Waals surface area contributed by atoms with Gasteiger partial charge in [0, 0.05) is 29.7 Å². The van der Waals surface area contributed by atoms with Crippen LogP contribution < -0.4 is 5.32 Å². The largest absolute Gasteiger partial charge is 0.469 e. The Balaban J connectivity index is 1.80. The van der Waals surface area contributed by atoms with Crippen LogP contribution in [0.5, 0.6) is 0 Å². The maximum absolute atomic E-state index is 14.0. The summed E-state index contributed by atoms with van der Waals surface area (Å²) in [7, 11) is 1.17. The second-order valence-corrected chi connectivity index (χ2v) is 15.2. The molecule has 278 valence electrons. The van der Waals surface area contributed by atoms with E-state index in [4.69, 9.17) is 28.4 Å². The highest BCUT2D eigenvalue weighted by Gasteiger charge is 2.72. The van der Waals surface area contributed by atoms with Crippen LogP contribution in [0.4, 0.5) is 4.79 Å². The lowest BCUT2D eigenvalue weighted by Gasteiger charge is -2.65. The molecule has 50 heavy (non-hydrogen) atoms. The number of esters is 4. The molecule has 3 fully saturated rings. The fraction of sp³-hybridized carbons (Fsp3) is 0.714. The zero-order valence-corrected chi connectivity index (χ0v) is 30.0. The number of ketones is 1. The van der Waals surface area contributed by atoms with Crippen molar-refractivity contribution in [3.05, 3.63) is 23.0 Å². The minimum Gasteiger partial charge on any atom is -0.469 e. The molecule has 1 saturated carbocycles. The van der Waals surface area contributed by atoms with Gasteiger partial charge in [-0.1, -0.05) is 12.5 Å². The van der Waals surface area contributed by atoms with Crippen LogP contribution in [-0.4, -0.2) is 102 Å². The average Bonchev–Trinajstić information content (AvgIpc) is 3.12. The van der Waals surface area contributed by atoms with Crippen LogP contribution in [0.25, 0.3) is 0 Å². The summed E-state index contributed by atoms with van der Waals surface area (Å²) < 4.78 is 33.4. The summed E-state index contributed by atoms with van der Waals surface area (Å²) in [6.45, 7) is 12.5. The number of nitrogens with one attached hydrogen (secondary N) is 1. The lowest BCUT2D eigenvalue weighted by Crippen LogP contribution is -2.71. The minimum absolute atomic E-state index is 0.0447. The van der Waals surface area contributed by atoms with E-state index in [1.165, 1.54) is 20.1 Å². The monoisotopic (exact) mass is 707 g/mol. The normalized spacial score (nSPS) is 34.3. The number of ether oxygens (including phenoxy) is 6. The first-order chi connectivity index (χ1) is 23.2. The molecule has 0 aromatic rings. The van der Waals surface area contributed by atoms with E-state index in [1.807, 2.05) is 0 Å². The molecule has 4 aliphatic rings. The van der Waals surface area contributed by atoms with Gasteiger partial charge in [0.15, 0.2) is 11.5 Å². The highest BCUT2D eigenvalue weighted by Crippen LogP contribution is 2.67. The molecule has 2 aliphatic carbocycles. The molecule has 2 saturated heterocycles. The topological polar surface area (TPSA) is 210 Å². The van der Waals surface area contributed by atoms with Crippen LogP contribution in [0.1, 0.15) is 74.7 Å².